The van der Waals surface area contributed by atoms with Crippen LogP contribution in [-0.4, -0.2) is 33.9 Å². The van der Waals surface area contributed by atoms with Gasteiger partial charge in [-0.3, -0.25) is 19.2 Å². The van der Waals surface area contributed by atoms with E-state index in [9.17, 15) is 19.2 Å². The van der Waals surface area contributed by atoms with Crippen LogP contribution in [0.15, 0.2) is 0 Å². The number of carboxylic acid groups (broad SMARTS) is 2. The lowest BCUT2D eigenvalue weighted by Gasteiger charge is -2.30. The van der Waals surface area contributed by atoms with E-state index in [0.29, 0.717) is 0 Å². The van der Waals surface area contributed by atoms with Gasteiger partial charge in [-0.1, -0.05) is 0 Å². The fourth-order valence-corrected chi connectivity index (χ4v) is 2.00. The molecule has 0 aliphatic rings. The smallest absolute Gasteiger partial charge is 0.324 e. The van der Waals surface area contributed by atoms with Crippen molar-refractivity contribution < 1.29 is 34.2 Å². The van der Waals surface area contributed by atoms with Gasteiger partial charge in [0.25, 0.3) is 0 Å². The Kier molecular flexibility index (Phi) is 7.45. The number of ketones is 1. The lowest BCUT2D eigenvalue weighted by atomic mass is 9.72. The maximum absolute atomic E-state index is 11.8. The van der Waals surface area contributed by atoms with E-state index in [1.165, 1.54) is 6.92 Å². The van der Waals surface area contributed by atoms with Crippen LogP contribution in [-0.2, 0) is 24.0 Å². The molecule has 0 fully saturated rings. The van der Waals surface area contributed by atoms with Gasteiger partial charge in [-0.15, -0.1) is 0 Å². The molecule has 0 spiro atoms. The van der Waals surface area contributed by atoms with Crippen LogP contribution in [0.5, 0.6) is 0 Å². The molecule has 0 saturated carbocycles. The van der Waals surface area contributed by atoms with Crippen molar-refractivity contribution in [2.75, 3.05) is 0 Å². The van der Waals surface area contributed by atoms with Crippen LogP contribution in [0.4, 0.5) is 0 Å². The molecular formula is C12H19NO7. The van der Waals surface area contributed by atoms with Gasteiger partial charge in [0.1, 0.15) is 5.78 Å². The zero-order valence-corrected chi connectivity index (χ0v) is 11.3. The summed E-state index contributed by atoms with van der Waals surface area (Å²) in [6.07, 6.45) is -0.770. The summed E-state index contributed by atoms with van der Waals surface area (Å²) >= 11 is 0. The fourth-order valence-electron chi connectivity index (χ4n) is 2.00. The number of Topliss-reactive ketones (excluding diaryl/α,β-unsaturated/α-hetero) is 1. The highest BCUT2D eigenvalue weighted by atomic mass is 16.7. The molecule has 4 N–H and O–H groups in total. The summed E-state index contributed by atoms with van der Waals surface area (Å²) in [7, 11) is 0. The highest BCUT2D eigenvalue weighted by Gasteiger charge is 2.36. The number of hydrogen-bond donors (Lipinski definition) is 3. The first-order chi connectivity index (χ1) is 9.23. The first-order valence-corrected chi connectivity index (χ1v) is 6.07. The Hall–Kier alpha value is -1.96. The van der Waals surface area contributed by atoms with E-state index in [-0.39, 0.29) is 44.3 Å². The number of hydrogen-bond acceptors (Lipinski definition) is 6. The zero-order valence-electron chi connectivity index (χ0n) is 11.3. The van der Waals surface area contributed by atoms with Crippen molar-refractivity contribution in [1.29, 1.82) is 0 Å². The SMILES string of the molecule is CC(=O)C(CCC(=O)O)(CCC(=O)O)CCC(=O)ON. The molecule has 0 aromatic rings. The quantitative estimate of drug-likeness (QED) is 0.493. The largest absolute Gasteiger partial charge is 0.481 e. The Labute approximate surface area is 115 Å². The van der Waals surface area contributed by atoms with Gasteiger partial charge in [-0.2, -0.15) is 5.90 Å². The zero-order chi connectivity index (χ0) is 15.8. The van der Waals surface area contributed by atoms with Crippen molar-refractivity contribution in [3.8, 4) is 0 Å². The third kappa shape index (κ3) is 6.28. The second-order valence-electron chi connectivity index (χ2n) is 4.61. The van der Waals surface area contributed by atoms with Gasteiger partial charge >= 0.3 is 17.9 Å². The van der Waals surface area contributed by atoms with Gasteiger partial charge in [0, 0.05) is 24.7 Å². The van der Waals surface area contributed by atoms with Crippen LogP contribution in [0.1, 0.15) is 45.4 Å². The first kappa shape index (κ1) is 18.0. The number of rotatable bonds is 10. The summed E-state index contributed by atoms with van der Waals surface area (Å²) in [6.45, 7) is 1.26. The van der Waals surface area contributed by atoms with E-state index in [2.05, 4.69) is 4.84 Å². The highest BCUT2D eigenvalue weighted by molar-refractivity contribution is 5.84. The van der Waals surface area contributed by atoms with Crippen LogP contribution in [0.3, 0.4) is 0 Å². The van der Waals surface area contributed by atoms with Gasteiger partial charge in [-0.05, 0) is 26.2 Å². The number of nitrogens with two attached hydrogens (primary N) is 1. The number of carbonyl (C=O) groups is 4. The molecule has 0 amide bonds. The number of carbonyl (C=O) groups excluding carboxylic acids is 2. The summed E-state index contributed by atoms with van der Waals surface area (Å²) in [6, 6.07) is 0. The third-order valence-corrected chi connectivity index (χ3v) is 3.32. The standard InChI is InChI=1S/C12H19NO7/c1-8(14)12(5-2-9(15)16,6-3-10(17)18)7-4-11(19)20-13/h2-7,13H2,1H3,(H,15,16)(H,17,18). The molecule has 0 rings (SSSR count). The maximum atomic E-state index is 11.8. The van der Waals surface area contributed by atoms with E-state index in [1.807, 2.05) is 0 Å². The minimum atomic E-state index is -1.16. The van der Waals surface area contributed by atoms with Crippen LogP contribution in [0, 0.1) is 5.41 Å². The lowest BCUT2D eigenvalue weighted by Crippen LogP contribution is -2.32. The van der Waals surface area contributed by atoms with Crippen LogP contribution in [0.2, 0.25) is 0 Å². The van der Waals surface area contributed by atoms with E-state index in [0.717, 1.165) is 0 Å². The minimum Gasteiger partial charge on any atom is -0.481 e. The Bertz CT molecular complexity index is 373. The van der Waals surface area contributed by atoms with E-state index in [1.54, 1.807) is 0 Å². The molecule has 8 heteroatoms. The van der Waals surface area contributed by atoms with Gasteiger partial charge < -0.3 is 15.1 Å². The van der Waals surface area contributed by atoms with E-state index < -0.39 is 23.3 Å². The van der Waals surface area contributed by atoms with Crippen molar-refractivity contribution in [3.63, 3.8) is 0 Å². The molecule has 0 unspecified atom stereocenters. The molecule has 0 heterocycles. The molecular weight excluding hydrogens is 270 g/mol. The Balaban J connectivity index is 4.99. The summed E-state index contributed by atoms with van der Waals surface area (Å²) in [4.78, 5) is 48.2. The molecule has 8 nitrogen and oxygen atoms in total. The first-order valence-electron chi connectivity index (χ1n) is 6.07. The molecule has 114 valence electrons. The number of aliphatic carboxylic acids is 2. The molecule has 0 radical (unpaired) electrons. The van der Waals surface area contributed by atoms with Crippen LogP contribution in [0.25, 0.3) is 0 Å². The average Bonchev–Trinajstić information content (AvgIpc) is 2.36. The molecule has 0 aliphatic carbocycles. The normalized spacial score (nSPS) is 10.9. The Morgan fingerprint density at radius 3 is 1.65 bits per heavy atom. The van der Waals surface area contributed by atoms with Gasteiger partial charge in [0.2, 0.25) is 0 Å². The van der Waals surface area contributed by atoms with Gasteiger partial charge in [-0.25, -0.2) is 0 Å². The lowest BCUT2D eigenvalue weighted by molar-refractivity contribution is -0.145. The number of carboxylic acids is 2. The molecule has 0 atom stereocenters. The van der Waals surface area contributed by atoms with E-state index >= 15 is 0 Å². The molecule has 0 aliphatic heterocycles. The summed E-state index contributed by atoms with van der Waals surface area (Å²) < 4.78 is 0. The van der Waals surface area contributed by atoms with Crippen molar-refractivity contribution >= 4 is 23.7 Å². The van der Waals surface area contributed by atoms with Crippen molar-refractivity contribution in [1.82, 2.24) is 0 Å². The Morgan fingerprint density at radius 1 is 0.950 bits per heavy atom. The average molecular weight is 289 g/mol. The summed E-state index contributed by atoms with van der Waals surface area (Å²) in [5, 5.41) is 17.4. The minimum absolute atomic E-state index is 0.0128. The fraction of sp³-hybridized carbons (Fsp3) is 0.667. The molecule has 0 aromatic heterocycles. The predicted octanol–water partition coefficient (Wildman–Crippen LogP) is 0.489. The third-order valence-electron chi connectivity index (χ3n) is 3.32. The van der Waals surface area contributed by atoms with Crippen molar-refractivity contribution in [3.05, 3.63) is 0 Å². The summed E-state index contributed by atoms with van der Waals surface area (Å²) in [5.74, 6) is 1.44. The second-order valence-corrected chi connectivity index (χ2v) is 4.61. The van der Waals surface area contributed by atoms with Crippen molar-refractivity contribution in [2.24, 2.45) is 11.3 Å². The van der Waals surface area contributed by atoms with Gasteiger partial charge in [0.15, 0.2) is 0 Å². The predicted molar refractivity (Wildman–Crippen MR) is 66.4 cm³/mol. The molecule has 0 bridgehead atoms. The van der Waals surface area contributed by atoms with Crippen molar-refractivity contribution in [2.45, 2.75) is 45.4 Å². The Morgan fingerprint density at radius 2 is 1.35 bits per heavy atom. The molecule has 0 saturated heterocycles. The second kappa shape index (κ2) is 8.26. The topological polar surface area (TPSA) is 144 Å². The summed E-state index contributed by atoms with van der Waals surface area (Å²) in [5.41, 5.74) is -1.16. The maximum Gasteiger partial charge on any atom is 0.324 e. The van der Waals surface area contributed by atoms with E-state index in [4.69, 9.17) is 16.1 Å². The monoisotopic (exact) mass is 289 g/mol. The highest BCUT2D eigenvalue weighted by Crippen LogP contribution is 2.36. The molecule has 20 heavy (non-hydrogen) atoms. The van der Waals surface area contributed by atoms with Crippen LogP contribution >= 0.6 is 0 Å². The molecule has 0 aromatic carbocycles. The van der Waals surface area contributed by atoms with Gasteiger partial charge in [0.05, 0.1) is 0 Å². The van der Waals surface area contributed by atoms with Crippen LogP contribution < -0.4 is 5.90 Å².